The molecule has 1 heterocycles. The molecule has 1 aliphatic heterocycles. The fourth-order valence-electron chi connectivity index (χ4n) is 2.02. The molecule has 1 saturated heterocycles. The zero-order valence-corrected chi connectivity index (χ0v) is 12.9. The van der Waals surface area contributed by atoms with Crippen LogP contribution in [0.15, 0.2) is 0 Å². The van der Waals surface area contributed by atoms with Gasteiger partial charge in [-0.15, -0.1) is 0 Å². The van der Waals surface area contributed by atoms with E-state index in [0.29, 0.717) is 13.1 Å². The molecule has 0 N–H and O–H groups in total. The van der Waals surface area contributed by atoms with Gasteiger partial charge >= 0.3 is 58.4 Å². The van der Waals surface area contributed by atoms with E-state index < -0.39 is 19.0 Å². The van der Waals surface area contributed by atoms with Crippen molar-refractivity contribution in [3.8, 4) is 0 Å². The Morgan fingerprint density at radius 2 is 1.93 bits per heavy atom. The number of halogens is 3. The van der Waals surface area contributed by atoms with Crippen LogP contribution in [0.1, 0.15) is 20.8 Å². The average Bonchev–Trinajstić information content (AvgIpc) is 1.74. The first-order valence-electron chi connectivity index (χ1n) is 4.79. The van der Waals surface area contributed by atoms with E-state index in [4.69, 9.17) is 4.74 Å². The molecule has 0 aromatic carbocycles. The molecule has 2 nitrogen and oxygen atoms in total. The summed E-state index contributed by atoms with van der Waals surface area (Å²) in [5.74, 6) is 0. The van der Waals surface area contributed by atoms with Gasteiger partial charge in [0.2, 0.25) is 0 Å². The standard InChI is InChI=1S/C8H16BF3NO.K/c1-7-4-13(6-9(10,11)12)5-8(2,3)14-7;/h7H,4-6H2,1-3H3;/q-1;+1. The fourth-order valence-corrected chi connectivity index (χ4v) is 2.02. The Kier molecular flexibility index (Phi) is 6.39. The van der Waals surface area contributed by atoms with E-state index >= 15 is 0 Å². The van der Waals surface area contributed by atoms with Crippen LogP contribution in [0.5, 0.6) is 0 Å². The van der Waals surface area contributed by atoms with Crippen molar-refractivity contribution in [3.63, 3.8) is 0 Å². The summed E-state index contributed by atoms with van der Waals surface area (Å²) in [6, 6.07) is 0. The summed E-state index contributed by atoms with van der Waals surface area (Å²) in [7, 11) is 0. The van der Waals surface area contributed by atoms with Crippen LogP contribution in [0.25, 0.3) is 0 Å². The van der Waals surface area contributed by atoms with Crippen LogP contribution in [0.4, 0.5) is 12.9 Å². The Bertz CT molecular complexity index is 211. The number of ether oxygens (including phenoxy) is 1. The SMILES string of the molecule is CC1CN(C[B-](F)(F)F)CC(C)(C)O1.[K+]. The molecule has 1 rings (SSSR count). The molecule has 0 amide bonds. The maximum atomic E-state index is 12.2. The largest absolute Gasteiger partial charge is 1.00 e. The Hall–Kier alpha value is 1.41. The van der Waals surface area contributed by atoms with E-state index in [1.54, 1.807) is 6.92 Å². The molecule has 7 heteroatoms. The molecule has 0 aliphatic carbocycles. The average molecular weight is 249 g/mol. The fraction of sp³-hybridized carbons (Fsp3) is 1.00. The van der Waals surface area contributed by atoms with Gasteiger partial charge in [-0.2, -0.15) is 0 Å². The molecule has 15 heavy (non-hydrogen) atoms. The Morgan fingerprint density at radius 3 is 2.33 bits per heavy atom. The van der Waals surface area contributed by atoms with Gasteiger partial charge in [-0.25, -0.2) is 0 Å². The van der Waals surface area contributed by atoms with Crippen LogP contribution in [-0.4, -0.2) is 43.1 Å². The molecule has 1 aliphatic rings. The van der Waals surface area contributed by atoms with Gasteiger partial charge in [0, 0.05) is 13.1 Å². The van der Waals surface area contributed by atoms with Crippen molar-refractivity contribution >= 4 is 6.98 Å². The zero-order chi connectivity index (χ0) is 11.0. The van der Waals surface area contributed by atoms with Crippen molar-refractivity contribution in [3.05, 3.63) is 0 Å². The van der Waals surface area contributed by atoms with Crippen molar-refractivity contribution in [2.45, 2.75) is 32.5 Å². The maximum absolute atomic E-state index is 12.2. The Balaban J connectivity index is 0.00000196. The number of rotatable bonds is 2. The predicted octanol–water partition coefficient (Wildman–Crippen LogP) is -1.12. The first kappa shape index (κ1) is 16.4. The van der Waals surface area contributed by atoms with Crippen LogP contribution < -0.4 is 51.4 Å². The molecule has 0 aromatic heterocycles. The van der Waals surface area contributed by atoms with Crippen LogP contribution in [0.2, 0.25) is 0 Å². The molecule has 1 fully saturated rings. The summed E-state index contributed by atoms with van der Waals surface area (Å²) in [6.45, 7) is 1.43. The first-order chi connectivity index (χ1) is 6.18. The van der Waals surface area contributed by atoms with Gasteiger partial charge in [-0.05, 0) is 27.2 Å². The minimum Gasteiger partial charge on any atom is -0.448 e. The van der Waals surface area contributed by atoms with Crippen molar-refractivity contribution in [1.82, 2.24) is 4.90 Å². The van der Waals surface area contributed by atoms with E-state index in [9.17, 15) is 12.9 Å². The van der Waals surface area contributed by atoms with Crippen molar-refractivity contribution < 1.29 is 69.1 Å². The van der Waals surface area contributed by atoms with Gasteiger partial charge in [0.15, 0.2) is 0 Å². The minimum atomic E-state index is -4.72. The second-order valence-corrected chi connectivity index (χ2v) is 4.59. The third kappa shape index (κ3) is 6.65. The summed E-state index contributed by atoms with van der Waals surface area (Å²) in [6.07, 6.45) is -0.908. The molecule has 1 unspecified atom stereocenters. The van der Waals surface area contributed by atoms with Gasteiger partial charge in [-0.3, -0.25) is 0 Å². The van der Waals surface area contributed by atoms with Crippen LogP contribution in [0.3, 0.4) is 0 Å². The summed E-state index contributed by atoms with van der Waals surface area (Å²) < 4.78 is 42.1. The second kappa shape index (κ2) is 5.84. The van der Waals surface area contributed by atoms with Crippen LogP contribution in [0, 0.1) is 0 Å². The molecule has 0 saturated carbocycles. The second-order valence-electron chi connectivity index (χ2n) is 4.59. The van der Waals surface area contributed by atoms with Crippen LogP contribution >= 0.6 is 0 Å². The Labute approximate surface area is 131 Å². The van der Waals surface area contributed by atoms with Gasteiger partial charge in [-0.1, -0.05) is 0 Å². The number of nitrogens with zero attached hydrogens (tertiary/aromatic N) is 1. The van der Waals surface area contributed by atoms with Gasteiger partial charge in [0.05, 0.1) is 11.7 Å². The van der Waals surface area contributed by atoms with Gasteiger partial charge < -0.3 is 22.6 Å². The monoisotopic (exact) mass is 249 g/mol. The molecular formula is C8H16BF3KNO. The first-order valence-corrected chi connectivity index (χ1v) is 4.79. The predicted molar refractivity (Wildman–Crippen MR) is 50.1 cm³/mol. The molecule has 0 spiro atoms. The van der Waals surface area contributed by atoms with Crippen molar-refractivity contribution in [1.29, 1.82) is 0 Å². The number of hydrogen-bond acceptors (Lipinski definition) is 2. The van der Waals surface area contributed by atoms with E-state index in [-0.39, 0.29) is 57.5 Å². The summed E-state index contributed by atoms with van der Waals surface area (Å²) in [5, 5.41) is 0. The molecule has 0 aromatic rings. The third-order valence-electron chi connectivity index (χ3n) is 2.11. The van der Waals surface area contributed by atoms with E-state index in [2.05, 4.69) is 0 Å². The zero-order valence-electron chi connectivity index (χ0n) is 9.77. The van der Waals surface area contributed by atoms with Gasteiger partial charge in [0.25, 0.3) is 0 Å². The molecule has 0 radical (unpaired) electrons. The normalized spacial score (nSPS) is 27.2. The quantitative estimate of drug-likeness (QED) is 0.575. The third-order valence-corrected chi connectivity index (χ3v) is 2.11. The number of hydrogen-bond donors (Lipinski definition) is 0. The van der Waals surface area contributed by atoms with E-state index in [0.717, 1.165) is 0 Å². The summed E-state index contributed by atoms with van der Waals surface area (Å²) in [5.41, 5.74) is -0.473. The van der Waals surface area contributed by atoms with Crippen LogP contribution in [-0.2, 0) is 4.74 Å². The van der Waals surface area contributed by atoms with Gasteiger partial charge in [0.1, 0.15) is 0 Å². The summed E-state index contributed by atoms with van der Waals surface area (Å²) in [4.78, 5) is 1.42. The Morgan fingerprint density at radius 1 is 1.40 bits per heavy atom. The van der Waals surface area contributed by atoms with E-state index in [1.165, 1.54) is 4.90 Å². The smallest absolute Gasteiger partial charge is 0.448 e. The maximum Gasteiger partial charge on any atom is 1.00 e. The van der Waals surface area contributed by atoms with Crippen molar-refractivity contribution in [2.24, 2.45) is 0 Å². The number of morpholine rings is 1. The van der Waals surface area contributed by atoms with Crippen molar-refractivity contribution in [2.75, 3.05) is 19.5 Å². The molecule has 0 bridgehead atoms. The molecule has 84 valence electrons. The molecule has 1 atom stereocenters. The molecular weight excluding hydrogens is 233 g/mol. The van der Waals surface area contributed by atoms with E-state index in [1.807, 2.05) is 13.8 Å². The summed E-state index contributed by atoms with van der Waals surface area (Å²) >= 11 is 0. The minimum absolute atomic E-state index is 0. The topological polar surface area (TPSA) is 12.5 Å².